The third kappa shape index (κ3) is 5.00. The number of aliphatic hydroxyl groups is 1. The van der Waals surface area contributed by atoms with Crippen LogP contribution in [-0.4, -0.2) is 65.8 Å². The number of benzene rings is 1. The lowest BCUT2D eigenvalue weighted by Gasteiger charge is -2.42. The number of halogens is 3. The SMILES string of the molecule is CC(C)[C@]1(C(=O)N2CCc3ccc(C(F)(F)F)cc3C2)CC[C@@H](N(CCO)C2CCOCC2)C1. The Morgan fingerprint density at radius 2 is 1.94 bits per heavy atom. The molecule has 8 heteroatoms. The molecule has 0 radical (unpaired) electrons. The molecule has 5 nitrogen and oxygen atoms in total. The molecule has 2 fully saturated rings. The van der Waals surface area contributed by atoms with E-state index in [4.69, 9.17) is 4.74 Å². The Morgan fingerprint density at radius 3 is 2.59 bits per heavy atom. The van der Waals surface area contributed by atoms with Crippen LogP contribution in [0.25, 0.3) is 0 Å². The summed E-state index contributed by atoms with van der Waals surface area (Å²) in [6, 6.07) is 4.48. The van der Waals surface area contributed by atoms with Crippen LogP contribution in [0.3, 0.4) is 0 Å². The number of carbonyl (C=O) groups is 1. The van der Waals surface area contributed by atoms with Crippen molar-refractivity contribution in [3.05, 3.63) is 34.9 Å². The van der Waals surface area contributed by atoms with Gasteiger partial charge in [0.15, 0.2) is 0 Å². The number of ether oxygens (including phenoxy) is 1. The highest BCUT2D eigenvalue weighted by atomic mass is 19.4. The molecule has 1 aromatic carbocycles. The van der Waals surface area contributed by atoms with E-state index in [-0.39, 0.29) is 31.0 Å². The fourth-order valence-electron chi connectivity index (χ4n) is 6.31. The highest BCUT2D eigenvalue weighted by molar-refractivity contribution is 5.84. The minimum absolute atomic E-state index is 0.0731. The number of carbonyl (C=O) groups excluding carboxylic acids is 1. The fraction of sp³-hybridized carbons (Fsp3) is 0.731. The Morgan fingerprint density at radius 1 is 1.21 bits per heavy atom. The summed E-state index contributed by atoms with van der Waals surface area (Å²) in [6.45, 7) is 7.07. The van der Waals surface area contributed by atoms with Gasteiger partial charge in [-0.1, -0.05) is 19.9 Å². The number of amides is 1. The summed E-state index contributed by atoms with van der Waals surface area (Å²) in [5, 5.41) is 9.72. The zero-order valence-electron chi connectivity index (χ0n) is 20.2. The number of alkyl halides is 3. The Labute approximate surface area is 200 Å². The Hall–Kier alpha value is -1.64. The smallest absolute Gasteiger partial charge is 0.395 e. The molecule has 0 unspecified atom stereocenters. The average Bonchev–Trinajstić information content (AvgIpc) is 3.28. The Kier molecular flexibility index (Phi) is 7.60. The van der Waals surface area contributed by atoms with Crippen molar-refractivity contribution in [3.63, 3.8) is 0 Å². The van der Waals surface area contributed by atoms with Gasteiger partial charge in [-0.2, -0.15) is 13.2 Å². The van der Waals surface area contributed by atoms with Crippen molar-refractivity contribution in [2.24, 2.45) is 11.3 Å². The summed E-state index contributed by atoms with van der Waals surface area (Å²) in [6.07, 6.45) is 0.449. The zero-order chi connectivity index (χ0) is 24.5. The first-order valence-corrected chi connectivity index (χ1v) is 12.6. The van der Waals surface area contributed by atoms with E-state index in [1.54, 1.807) is 11.0 Å². The average molecular weight is 483 g/mol. The fourth-order valence-corrected chi connectivity index (χ4v) is 6.31. The van der Waals surface area contributed by atoms with Crippen LogP contribution in [0.15, 0.2) is 18.2 Å². The summed E-state index contributed by atoms with van der Waals surface area (Å²) < 4.78 is 45.3. The van der Waals surface area contributed by atoms with Gasteiger partial charge in [-0.3, -0.25) is 9.69 Å². The maximum absolute atomic E-state index is 14.0. The highest BCUT2D eigenvalue weighted by Gasteiger charge is 2.51. The molecule has 2 aliphatic heterocycles. The summed E-state index contributed by atoms with van der Waals surface area (Å²) in [5.41, 5.74) is 0.319. The van der Waals surface area contributed by atoms with E-state index in [1.165, 1.54) is 6.07 Å². The standard InChI is InChI=1S/C26H37F3N2O3/c1-18(2)25(9-5-23(16-25)31(11-12-32)22-7-13-34-14-8-22)24(33)30-10-6-19-3-4-21(26(27,28)29)15-20(19)17-30/h3-4,15,18,22-23,32H,5-14,16-17H2,1-2H3/t23-,25+/m1/s1. The van der Waals surface area contributed by atoms with Crippen LogP contribution >= 0.6 is 0 Å². The summed E-state index contributed by atoms with van der Waals surface area (Å²) >= 11 is 0. The molecular formula is C26H37F3N2O3. The molecule has 3 aliphatic rings. The molecule has 34 heavy (non-hydrogen) atoms. The molecule has 0 bridgehead atoms. The van der Waals surface area contributed by atoms with Gasteiger partial charge in [0, 0.05) is 44.9 Å². The van der Waals surface area contributed by atoms with Gasteiger partial charge in [0.05, 0.1) is 17.6 Å². The lowest BCUT2D eigenvalue weighted by Crippen LogP contribution is -2.50. The van der Waals surface area contributed by atoms with Gasteiger partial charge in [0.2, 0.25) is 5.91 Å². The van der Waals surface area contributed by atoms with Gasteiger partial charge in [-0.05, 0) is 67.7 Å². The minimum Gasteiger partial charge on any atom is -0.395 e. The number of hydrogen-bond donors (Lipinski definition) is 1. The second-order valence-corrected chi connectivity index (χ2v) is 10.5. The van der Waals surface area contributed by atoms with Gasteiger partial charge < -0.3 is 14.7 Å². The predicted molar refractivity (Wildman–Crippen MR) is 123 cm³/mol. The summed E-state index contributed by atoms with van der Waals surface area (Å²) in [4.78, 5) is 18.2. The Bertz CT molecular complexity index is 869. The number of fused-ring (bicyclic) bond motifs is 1. The molecule has 0 aromatic heterocycles. The van der Waals surface area contributed by atoms with E-state index in [2.05, 4.69) is 18.7 Å². The van der Waals surface area contributed by atoms with E-state index < -0.39 is 17.2 Å². The van der Waals surface area contributed by atoms with E-state index in [0.717, 1.165) is 56.9 Å². The largest absolute Gasteiger partial charge is 0.416 e. The van der Waals surface area contributed by atoms with Crippen LogP contribution in [0.2, 0.25) is 0 Å². The molecule has 1 N–H and O–H groups in total. The van der Waals surface area contributed by atoms with Crippen molar-refractivity contribution in [2.75, 3.05) is 32.9 Å². The summed E-state index contributed by atoms with van der Waals surface area (Å²) in [7, 11) is 0. The second-order valence-electron chi connectivity index (χ2n) is 10.5. The molecule has 1 aromatic rings. The topological polar surface area (TPSA) is 53.0 Å². The molecule has 1 saturated carbocycles. The first-order chi connectivity index (χ1) is 16.2. The second kappa shape index (κ2) is 10.2. The number of nitrogens with zero attached hydrogens (tertiary/aromatic N) is 2. The molecule has 1 saturated heterocycles. The third-order valence-electron chi connectivity index (χ3n) is 8.37. The van der Waals surface area contributed by atoms with Gasteiger partial charge >= 0.3 is 6.18 Å². The van der Waals surface area contributed by atoms with Gasteiger partial charge in [0.25, 0.3) is 0 Å². The Balaban J connectivity index is 1.53. The van der Waals surface area contributed by atoms with E-state index in [0.29, 0.717) is 31.1 Å². The van der Waals surface area contributed by atoms with Crippen molar-refractivity contribution in [1.82, 2.24) is 9.80 Å². The lowest BCUT2D eigenvalue weighted by atomic mass is 9.73. The first-order valence-electron chi connectivity index (χ1n) is 12.6. The lowest BCUT2D eigenvalue weighted by molar-refractivity contribution is -0.146. The van der Waals surface area contributed by atoms with Crippen LogP contribution < -0.4 is 0 Å². The molecule has 2 heterocycles. The highest BCUT2D eigenvalue weighted by Crippen LogP contribution is 2.48. The molecule has 1 aliphatic carbocycles. The predicted octanol–water partition coefficient (Wildman–Crippen LogP) is 4.26. The number of rotatable bonds is 6. The van der Waals surface area contributed by atoms with Crippen LogP contribution in [0, 0.1) is 11.3 Å². The van der Waals surface area contributed by atoms with Crippen LogP contribution in [-0.2, 0) is 28.7 Å². The van der Waals surface area contributed by atoms with Gasteiger partial charge in [-0.15, -0.1) is 0 Å². The third-order valence-corrected chi connectivity index (χ3v) is 8.37. The van der Waals surface area contributed by atoms with Crippen molar-refractivity contribution >= 4 is 5.91 Å². The first kappa shape index (κ1) is 25.5. The number of aliphatic hydroxyl groups excluding tert-OH is 1. The quantitative estimate of drug-likeness (QED) is 0.659. The molecule has 190 valence electrons. The van der Waals surface area contributed by atoms with Crippen LogP contribution in [0.1, 0.15) is 62.6 Å². The van der Waals surface area contributed by atoms with Gasteiger partial charge in [-0.25, -0.2) is 0 Å². The molecule has 4 rings (SSSR count). The van der Waals surface area contributed by atoms with Crippen molar-refractivity contribution in [1.29, 1.82) is 0 Å². The van der Waals surface area contributed by atoms with Crippen molar-refractivity contribution in [2.45, 2.75) is 77.2 Å². The van der Waals surface area contributed by atoms with E-state index in [9.17, 15) is 23.1 Å². The van der Waals surface area contributed by atoms with E-state index >= 15 is 0 Å². The molecular weight excluding hydrogens is 445 g/mol. The molecule has 0 spiro atoms. The van der Waals surface area contributed by atoms with E-state index in [1.807, 2.05) is 0 Å². The normalized spacial score (nSPS) is 26.4. The zero-order valence-corrected chi connectivity index (χ0v) is 20.2. The number of hydrogen-bond acceptors (Lipinski definition) is 4. The maximum atomic E-state index is 14.0. The van der Waals surface area contributed by atoms with Gasteiger partial charge in [0.1, 0.15) is 0 Å². The summed E-state index contributed by atoms with van der Waals surface area (Å²) in [5.74, 6) is 0.197. The van der Waals surface area contributed by atoms with Crippen molar-refractivity contribution in [3.8, 4) is 0 Å². The minimum atomic E-state index is -4.39. The molecule has 1 amide bonds. The maximum Gasteiger partial charge on any atom is 0.416 e. The molecule has 2 atom stereocenters. The van der Waals surface area contributed by atoms with Crippen LogP contribution in [0.5, 0.6) is 0 Å². The monoisotopic (exact) mass is 482 g/mol. The van der Waals surface area contributed by atoms with Crippen molar-refractivity contribution < 1.29 is 27.8 Å². The van der Waals surface area contributed by atoms with Crippen LogP contribution in [0.4, 0.5) is 13.2 Å².